The van der Waals surface area contributed by atoms with E-state index in [-0.39, 0.29) is 31.9 Å². The Balaban J connectivity index is 0.00000112. The fourth-order valence-corrected chi connectivity index (χ4v) is 1.55. The largest absolute Gasteiger partial charge is 2.00 e. The van der Waals surface area contributed by atoms with E-state index >= 15 is 0 Å². The molecular formula is C14H13ClZn. The number of halogens is 1. The molecule has 0 atom stereocenters. The molecule has 0 spiro atoms. The number of benzene rings is 2. The van der Waals surface area contributed by atoms with Crippen LogP contribution in [0.15, 0.2) is 54.6 Å². The van der Waals surface area contributed by atoms with E-state index in [2.05, 4.69) is 49.4 Å². The number of hydrogen-bond donors (Lipinski definition) is 0. The van der Waals surface area contributed by atoms with Crippen LogP contribution >= 0.6 is 0 Å². The minimum atomic E-state index is 0. The predicted molar refractivity (Wildman–Crippen MR) is 60.1 cm³/mol. The van der Waals surface area contributed by atoms with Crippen molar-refractivity contribution in [2.45, 2.75) is 6.42 Å². The molecule has 0 saturated heterocycles. The van der Waals surface area contributed by atoms with Crippen LogP contribution in [0.5, 0.6) is 0 Å². The number of rotatable bonds is 2. The van der Waals surface area contributed by atoms with E-state index in [1.165, 1.54) is 11.1 Å². The van der Waals surface area contributed by atoms with Crippen molar-refractivity contribution in [3.05, 3.63) is 78.2 Å². The topological polar surface area (TPSA) is 0 Å². The molecule has 0 N–H and O–H groups in total. The van der Waals surface area contributed by atoms with Crippen molar-refractivity contribution < 1.29 is 31.9 Å². The van der Waals surface area contributed by atoms with Gasteiger partial charge in [0.25, 0.3) is 0 Å². The molecule has 0 aromatic heterocycles. The molecule has 0 heterocycles. The van der Waals surface area contributed by atoms with Gasteiger partial charge in [-0.3, -0.25) is 0 Å². The minimum Gasteiger partial charge on any atom is -1.00 e. The molecule has 0 aliphatic heterocycles. The molecule has 0 fully saturated rings. The Morgan fingerprint density at radius 1 is 0.812 bits per heavy atom. The first-order valence-electron chi connectivity index (χ1n) is 4.80. The van der Waals surface area contributed by atoms with Gasteiger partial charge in [-0.15, -0.1) is 17.7 Å². The average Bonchev–Trinajstić information content (AvgIpc) is 2.23. The molecule has 0 saturated carbocycles. The van der Waals surface area contributed by atoms with Crippen LogP contribution in [0.25, 0.3) is 0 Å². The maximum Gasteiger partial charge on any atom is 2.00 e. The molecular weight excluding hydrogens is 269 g/mol. The van der Waals surface area contributed by atoms with E-state index in [1.807, 2.05) is 12.1 Å². The second-order valence-electron chi connectivity index (χ2n) is 3.43. The molecule has 0 amide bonds. The average molecular weight is 282 g/mol. The summed E-state index contributed by atoms with van der Waals surface area (Å²) in [5, 5.41) is 0. The first-order valence-corrected chi connectivity index (χ1v) is 4.80. The molecule has 2 aromatic rings. The minimum absolute atomic E-state index is 0. The first-order chi connectivity index (χ1) is 6.86. The zero-order valence-electron chi connectivity index (χ0n) is 9.20. The standard InChI is InChI=1S/C14H13.ClH.Zn/c1-12-7-5-6-10-14(12)11-13-8-3-2-4-9-13;;/h2-10H,1,11H2;1H;/q-1;;+2/p-1. The third kappa shape index (κ3) is 4.00. The first kappa shape index (κ1) is 15.2. The molecule has 0 radical (unpaired) electrons. The third-order valence-electron chi connectivity index (χ3n) is 2.36. The van der Waals surface area contributed by atoms with Gasteiger partial charge in [-0.1, -0.05) is 42.0 Å². The molecule has 16 heavy (non-hydrogen) atoms. The van der Waals surface area contributed by atoms with Crippen molar-refractivity contribution in [2.75, 3.05) is 0 Å². The van der Waals surface area contributed by atoms with Gasteiger partial charge >= 0.3 is 19.5 Å². The molecule has 0 aliphatic rings. The summed E-state index contributed by atoms with van der Waals surface area (Å²) in [6.45, 7) is 4.02. The van der Waals surface area contributed by atoms with Crippen LogP contribution in [0, 0.1) is 6.92 Å². The SMILES string of the molecule is [CH2-]c1ccccc1Cc1ccccc1.[Cl-].[Zn+2]. The Labute approximate surface area is 116 Å². The fourth-order valence-electron chi connectivity index (χ4n) is 1.55. The predicted octanol–water partition coefficient (Wildman–Crippen LogP) is 0.461. The Morgan fingerprint density at radius 2 is 1.38 bits per heavy atom. The van der Waals surface area contributed by atoms with Crippen LogP contribution in [0.3, 0.4) is 0 Å². The summed E-state index contributed by atoms with van der Waals surface area (Å²) in [7, 11) is 0. The van der Waals surface area contributed by atoms with Crippen molar-refractivity contribution in [1.29, 1.82) is 0 Å². The molecule has 0 aliphatic carbocycles. The van der Waals surface area contributed by atoms with Gasteiger partial charge in [0.1, 0.15) is 0 Å². The summed E-state index contributed by atoms with van der Waals surface area (Å²) >= 11 is 0. The zero-order valence-corrected chi connectivity index (χ0v) is 12.9. The Bertz CT molecular complexity index is 412. The third-order valence-corrected chi connectivity index (χ3v) is 2.36. The van der Waals surface area contributed by atoms with Gasteiger partial charge in [-0.2, -0.15) is 18.6 Å². The molecule has 0 nitrogen and oxygen atoms in total. The van der Waals surface area contributed by atoms with Crippen molar-refractivity contribution in [1.82, 2.24) is 0 Å². The van der Waals surface area contributed by atoms with Gasteiger partial charge in [-0.05, 0) is 6.42 Å². The maximum atomic E-state index is 4.02. The molecule has 0 unspecified atom stereocenters. The van der Waals surface area contributed by atoms with E-state index in [1.54, 1.807) is 0 Å². The molecule has 2 heteroatoms. The van der Waals surface area contributed by atoms with Crippen molar-refractivity contribution in [3.63, 3.8) is 0 Å². The zero-order chi connectivity index (χ0) is 9.80. The summed E-state index contributed by atoms with van der Waals surface area (Å²) in [6.07, 6.45) is 0.973. The van der Waals surface area contributed by atoms with Crippen molar-refractivity contribution in [3.8, 4) is 0 Å². The summed E-state index contributed by atoms with van der Waals surface area (Å²) in [4.78, 5) is 0. The van der Waals surface area contributed by atoms with Crippen LogP contribution in [0.1, 0.15) is 16.7 Å². The van der Waals surface area contributed by atoms with Crippen LogP contribution in [-0.2, 0) is 25.9 Å². The van der Waals surface area contributed by atoms with Crippen LogP contribution < -0.4 is 12.4 Å². The summed E-state index contributed by atoms with van der Waals surface area (Å²) in [5.74, 6) is 0. The second-order valence-corrected chi connectivity index (χ2v) is 3.43. The van der Waals surface area contributed by atoms with Crippen LogP contribution in [-0.4, -0.2) is 0 Å². The van der Waals surface area contributed by atoms with E-state index in [0.29, 0.717) is 0 Å². The van der Waals surface area contributed by atoms with Gasteiger partial charge in [-0.25, -0.2) is 0 Å². The Hall–Kier alpha value is -0.777. The van der Waals surface area contributed by atoms with Gasteiger partial charge in [0.05, 0.1) is 0 Å². The molecule has 2 rings (SSSR count). The summed E-state index contributed by atoms with van der Waals surface area (Å²) in [5.41, 5.74) is 3.76. The monoisotopic (exact) mass is 280 g/mol. The Morgan fingerprint density at radius 3 is 2.00 bits per heavy atom. The van der Waals surface area contributed by atoms with Crippen LogP contribution in [0.2, 0.25) is 0 Å². The van der Waals surface area contributed by atoms with E-state index < -0.39 is 0 Å². The smallest absolute Gasteiger partial charge is 1.00 e. The van der Waals surface area contributed by atoms with Gasteiger partial charge < -0.3 is 12.4 Å². The van der Waals surface area contributed by atoms with E-state index in [0.717, 1.165) is 12.0 Å². The fraction of sp³-hybridized carbons (Fsp3) is 0.0714. The van der Waals surface area contributed by atoms with E-state index in [9.17, 15) is 0 Å². The van der Waals surface area contributed by atoms with Gasteiger partial charge in [0, 0.05) is 0 Å². The summed E-state index contributed by atoms with van der Waals surface area (Å²) < 4.78 is 0. The second kappa shape index (κ2) is 7.49. The van der Waals surface area contributed by atoms with E-state index in [4.69, 9.17) is 0 Å². The van der Waals surface area contributed by atoms with Gasteiger partial charge in [0.2, 0.25) is 0 Å². The Kier molecular flexibility index (Phi) is 7.13. The maximum absolute atomic E-state index is 4.02. The van der Waals surface area contributed by atoms with Crippen LogP contribution in [0.4, 0.5) is 0 Å². The number of hydrogen-bond acceptors (Lipinski definition) is 0. The quantitative estimate of drug-likeness (QED) is 0.554. The summed E-state index contributed by atoms with van der Waals surface area (Å²) in [6, 6.07) is 18.7. The molecule has 2 aromatic carbocycles. The van der Waals surface area contributed by atoms with Crippen molar-refractivity contribution in [2.24, 2.45) is 0 Å². The molecule has 78 valence electrons. The van der Waals surface area contributed by atoms with Crippen molar-refractivity contribution >= 4 is 0 Å². The van der Waals surface area contributed by atoms with Gasteiger partial charge in [0.15, 0.2) is 0 Å². The molecule has 0 bridgehead atoms. The normalized spacial score (nSPS) is 8.75.